The fourth-order valence-corrected chi connectivity index (χ4v) is 1.82. The molecule has 0 aromatic carbocycles. The van der Waals surface area contributed by atoms with Gasteiger partial charge in [0.2, 0.25) is 0 Å². The van der Waals surface area contributed by atoms with Crippen LogP contribution in [0, 0.1) is 0 Å². The Bertz CT molecular complexity index is 405. The summed E-state index contributed by atoms with van der Waals surface area (Å²) in [6.07, 6.45) is 0.892. The predicted octanol–water partition coefficient (Wildman–Crippen LogP) is 2.79. The Morgan fingerprint density at radius 1 is 1.50 bits per heavy atom. The first-order valence-electron chi connectivity index (χ1n) is 6.02. The first kappa shape index (κ1) is 14.7. The summed E-state index contributed by atoms with van der Waals surface area (Å²) in [5.74, 6) is -0.191. The van der Waals surface area contributed by atoms with E-state index in [1.54, 1.807) is 0 Å². The molecule has 1 aromatic heterocycles. The van der Waals surface area contributed by atoms with E-state index in [1.807, 2.05) is 45.2 Å². The Kier molecular flexibility index (Phi) is 5.34. The van der Waals surface area contributed by atoms with Gasteiger partial charge in [-0.1, -0.05) is 18.1 Å². The molecule has 0 aliphatic carbocycles. The third-order valence-corrected chi connectivity index (χ3v) is 2.79. The van der Waals surface area contributed by atoms with Crippen molar-refractivity contribution in [2.24, 2.45) is 5.16 Å². The summed E-state index contributed by atoms with van der Waals surface area (Å²) in [7, 11) is 0. The quantitative estimate of drug-likeness (QED) is 0.659. The molecular formula is C13H20N2O2S. The van der Waals surface area contributed by atoms with Gasteiger partial charge >= 0.3 is 0 Å². The van der Waals surface area contributed by atoms with Crippen LogP contribution in [0.15, 0.2) is 22.7 Å². The lowest BCUT2D eigenvalue weighted by molar-refractivity contribution is -0.115. The third kappa shape index (κ3) is 4.87. The SMILES string of the molecule is CCCNC(=O)/C(=N\OC(C)(C)C)c1cccs1. The summed E-state index contributed by atoms with van der Waals surface area (Å²) in [5.41, 5.74) is -0.0681. The highest BCUT2D eigenvalue weighted by Crippen LogP contribution is 2.13. The summed E-state index contributed by atoms with van der Waals surface area (Å²) in [6.45, 7) is 8.33. The Labute approximate surface area is 112 Å². The summed E-state index contributed by atoms with van der Waals surface area (Å²) in [4.78, 5) is 18.2. The maximum absolute atomic E-state index is 12.0. The zero-order valence-corrected chi connectivity index (χ0v) is 12.1. The van der Waals surface area contributed by atoms with Crippen LogP contribution in [0.25, 0.3) is 0 Å². The Balaban J connectivity index is 2.86. The lowest BCUT2D eigenvalue weighted by Crippen LogP contribution is -2.32. The van der Waals surface area contributed by atoms with E-state index in [1.165, 1.54) is 11.3 Å². The topological polar surface area (TPSA) is 50.7 Å². The van der Waals surface area contributed by atoms with Gasteiger partial charge < -0.3 is 10.2 Å². The molecule has 18 heavy (non-hydrogen) atoms. The van der Waals surface area contributed by atoms with Gasteiger partial charge in [0.05, 0.1) is 4.88 Å². The molecule has 0 radical (unpaired) electrons. The van der Waals surface area contributed by atoms with Crippen molar-refractivity contribution in [1.29, 1.82) is 0 Å². The van der Waals surface area contributed by atoms with Crippen LogP contribution in [-0.2, 0) is 9.63 Å². The monoisotopic (exact) mass is 268 g/mol. The molecule has 1 amide bonds. The first-order valence-corrected chi connectivity index (χ1v) is 6.90. The molecule has 1 heterocycles. The van der Waals surface area contributed by atoms with Gasteiger partial charge in [0, 0.05) is 6.54 Å². The summed E-state index contributed by atoms with van der Waals surface area (Å²) in [5, 5.41) is 8.73. The lowest BCUT2D eigenvalue weighted by Gasteiger charge is -2.16. The molecule has 5 heteroatoms. The second kappa shape index (κ2) is 6.54. The molecule has 0 fully saturated rings. The fourth-order valence-electron chi connectivity index (χ4n) is 1.12. The second-order valence-corrected chi connectivity index (χ2v) is 5.82. The van der Waals surface area contributed by atoms with Crippen molar-refractivity contribution < 1.29 is 9.63 Å². The molecule has 0 unspecified atom stereocenters. The molecule has 1 N–H and O–H groups in total. The van der Waals surface area contributed by atoms with Gasteiger partial charge in [-0.3, -0.25) is 4.79 Å². The number of amides is 1. The summed E-state index contributed by atoms with van der Waals surface area (Å²) >= 11 is 1.47. The van der Waals surface area contributed by atoms with E-state index in [-0.39, 0.29) is 5.91 Å². The van der Waals surface area contributed by atoms with Crippen LogP contribution in [0.4, 0.5) is 0 Å². The van der Waals surface area contributed by atoms with E-state index >= 15 is 0 Å². The predicted molar refractivity (Wildman–Crippen MR) is 75.0 cm³/mol. The largest absolute Gasteiger partial charge is 0.389 e. The van der Waals surface area contributed by atoms with Gasteiger partial charge in [0.15, 0.2) is 5.71 Å². The number of carbonyl (C=O) groups is 1. The van der Waals surface area contributed by atoms with Crippen molar-refractivity contribution >= 4 is 23.0 Å². The molecule has 0 saturated carbocycles. The van der Waals surface area contributed by atoms with Crippen LogP contribution in [0.2, 0.25) is 0 Å². The zero-order valence-electron chi connectivity index (χ0n) is 11.3. The summed E-state index contributed by atoms with van der Waals surface area (Å²) < 4.78 is 0. The minimum absolute atomic E-state index is 0.191. The Morgan fingerprint density at radius 2 is 2.22 bits per heavy atom. The number of hydrogen-bond donors (Lipinski definition) is 1. The van der Waals surface area contributed by atoms with E-state index in [0.717, 1.165) is 11.3 Å². The third-order valence-electron chi connectivity index (χ3n) is 1.92. The highest BCUT2D eigenvalue weighted by molar-refractivity contribution is 7.13. The molecule has 100 valence electrons. The van der Waals surface area contributed by atoms with E-state index in [2.05, 4.69) is 10.5 Å². The molecule has 0 atom stereocenters. The highest BCUT2D eigenvalue weighted by atomic mass is 32.1. The van der Waals surface area contributed by atoms with Crippen molar-refractivity contribution in [2.45, 2.75) is 39.7 Å². The Morgan fingerprint density at radius 3 is 2.72 bits per heavy atom. The lowest BCUT2D eigenvalue weighted by atomic mass is 10.2. The molecule has 4 nitrogen and oxygen atoms in total. The fraction of sp³-hybridized carbons (Fsp3) is 0.538. The van der Waals surface area contributed by atoms with Gasteiger partial charge in [-0.25, -0.2) is 0 Å². The number of oxime groups is 1. The average Bonchev–Trinajstić information content (AvgIpc) is 2.78. The van der Waals surface area contributed by atoms with E-state index in [0.29, 0.717) is 12.3 Å². The average molecular weight is 268 g/mol. The first-order chi connectivity index (χ1) is 8.44. The van der Waals surface area contributed by atoms with Crippen LogP contribution in [0.1, 0.15) is 39.0 Å². The number of rotatable bonds is 5. The van der Waals surface area contributed by atoms with Crippen molar-refractivity contribution in [3.05, 3.63) is 22.4 Å². The van der Waals surface area contributed by atoms with Crippen LogP contribution < -0.4 is 5.32 Å². The summed E-state index contributed by atoms with van der Waals surface area (Å²) in [6, 6.07) is 3.75. The number of thiophene rings is 1. The maximum Gasteiger partial charge on any atom is 0.274 e. The molecule has 1 rings (SSSR count). The normalized spacial score (nSPS) is 12.3. The minimum Gasteiger partial charge on any atom is -0.389 e. The van der Waals surface area contributed by atoms with Gasteiger partial charge in [-0.05, 0) is 38.6 Å². The molecule has 0 spiro atoms. The van der Waals surface area contributed by atoms with Crippen LogP contribution in [0.5, 0.6) is 0 Å². The Hall–Kier alpha value is -1.36. The number of hydrogen-bond acceptors (Lipinski definition) is 4. The van der Waals surface area contributed by atoms with Gasteiger partial charge in [-0.2, -0.15) is 0 Å². The number of nitrogens with zero attached hydrogens (tertiary/aromatic N) is 1. The van der Waals surface area contributed by atoms with Crippen LogP contribution in [-0.4, -0.2) is 23.8 Å². The molecule has 1 aromatic rings. The van der Waals surface area contributed by atoms with Gasteiger partial charge in [0.1, 0.15) is 5.60 Å². The second-order valence-electron chi connectivity index (χ2n) is 4.88. The molecule has 0 bridgehead atoms. The molecule has 0 aliphatic heterocycles. The van der Waals surface area contributed by atoms with Gasteiger partial charge in [-0.15, -0.1) is 11.3 Å². The standard InChI is InChI=1S/C13H20N2O2S/c1-5-8-14-12(16)11(10-7-6-9-18-10)15-17-13(2,3)4/h6-7,9H,5,8H2,1-4H3,(H,14,16)/b15-11-. The van der Waals surface area contributed by atoms with Crippen molar-refractivity contribution in [2.75, 3.05) is 6.54 Å². The van der Waals surface area contributed by atoms with Crippen molar-refractivity contribution in [1.82, 2.24) is 5.32 Å². The minimum atomic E-state index is -0.409. The van der Waals surface area contributed by atoms with Crippen LogP contribution in [0.3, 0.4) is 0 Å². The molecule has 0 saturated heterocycles. The number of carbonyl (C=O) groups excluding carboxylic acids is 1. The number of nitrogens with one attached hydrogen (secondary N) is 1. The smallest absolute Gasteiger partial charge is 0.274 e. The van der Waals surface area contributed by atoms with E-state index in [4.69, 9.17) is 4.84 Å². The van der Waals surface area contributed by atoms with E-state index < -0.39 is 5.60 Å². The maximum atomic E-state index is 12.0. The van der Waals surface area contributed by atoms with Gasteiger partial charge in [0.25, 0.3) is 5.91 Å². The van der Waals surface area contributed by atoms with Crippen molar-refractivity contribution in [3.8, 4) is 0 Å². The zero-order chi connectivity index (χ0) is 13.6. The van der Waals surface area contributed by atoms with Crippen molar-refractivity contribution in [3.63, 3.8) is 0 Å². The van der Waals surface area contributed by atoms with E-state index in [9.17, 15) is 4.79 Å². The highest BCUT2D eigenvalue weighted by Gasteiger charge is 2.18. The molecule has 0 aliphatic rings. The van der Waals surface area contributed by atoms with Crippen LogP contribution >= 0.6 is 11.3 Å². The molecular weight excluding hydrogens is 248 g/mol.